The molecule has 0 amide bonds. The fourth-order valence-electron chi connectivity index (χ4n) is 4.96. The van der Waals surface area contributed by atoms with Gasteiger partial charge in [-0.15, -0.1) is 26.3 Å². The van der Waals surface area contributed by atoms with E-state index >= 15 is 0 Å². The van der Waals surface area contributed by atoms with Crippen molar-refractivity contribution in [1.29, 1.82) is 0 Å². The lowest BCUT2D eigenvalue weighted by Gasteiger charge is -2.26. The normalized spacial score (nSPS) is 10.8. The fourth-order valence-corrected chi connectivity index (χ4v) is 4.96. The van der Waals surface area contributed by atoms with E-state index in [2.05, 4.69) is 98.5 Å². The molecule has 0 aliphatic carbocycles. The second kappa shape index (κ2) is 14.8. The smallest absolute Gasteiger partial charge is 0.127 e. The Balaban J connectivity index is 1.38. The van der Waals surface area contributed by atoms with Gasteiger partial charge in [-0.3, -0.25) is 0 Å². The van der Waals surface area contributed by atoms with E-state index in [1.165, 1.54) is 11.1 Å². The first-order valence-corrected chi connectivity index (χ1v) is 14.6. The molecule has 4 rings (SSSR count). The number of hydrogen-bond donors (Lipinski definition) is 0. The molecule has 0 aliphatic rings. The molecule has 0 bridgehead atoms. The van der Waals surface area contributed by atoms with Crippen molar-refractivity contribution in [2.45, 2.75) is 19.3 Å². The molecule has 0 aliphatic heterocycles. The molecule has 0 fully saturated rings. The van der Waals surface area contributed by atoms with Crippen LogP contribution in [0, 0.1) is 0 Å². The predicted molar refractivity (Wildman–Crippen MR) is 183 cm³/mol. The highest BCUT2D eigenvalue weighted by atomic mass is 16.5. The summed E-state index contributed by atoms with van der Waals surface area (Å²) in [6.45, 7) is 22.9. The summed E-state index contributed by atoms with van der Waals surface area (Å²) in [5.74, 6) is 3.19. The quantitative estimate of drug-likeness (QED) is 0.125. The van der Waals surface area contributed by atoms with E-state index in [0.717, 1.165) is 60.6 Å². The Labute approximate surface area is 257 Å². The highest BCUT2D eigenvalue weighted by Crippen LogP contribution is 2.35. The van der Waals surface area contributed by atoms with Crippen LogP contribution in [-0.2, 0) is 5.41 Å². The van der Waals surface area contributed by atoms with Crippen molar-refractivity contribution in [3.05, 3.63) is 159 Å². The van der Waals surface area contributed by atoms with Crippen LogP contribution >= 0.6 is 0 Å². The first kappa shape index (κ1) is 31.0. The topological polar surface area (TPSA) is 24.9 Å². The van der Waals surface area contributed by atoms with Gasteiger partial charge in [0.15, 0.2) is 0 Å². The molecule has 43 heavy (non-hydrogen) atoms. The van der Waals surface area contributed by atoms with E-state index in [1.54, 1.807) is 0 Å². The van der Waals surface area contributed by atoms with Crippen LogP contribution in [0.25, 0.3) is 0 Å². The molecule has 4 heteroatoms. The zero-order chi connectivity index (χ0) is 30.7. The van der Waals surface area contributed by atoms with Gasteiger partial charge in [0.1, 0.15) is 23.0 Å². The van der Waals surface area contributed by atoms with Crippen LogP contribution in [0.1, 0.15) is 25.0 Å². The van der Waals surface area contributed by atoms with Gasteiger partial charge < -0.3 is 19.3 Å². The number of anilines is 2. The highest BCUT2D eigenvalue weighted by Gasteiger charge is 2.23. The molecule has 0 saturated carbocycles. The van der Waals surface area contributed by atoms with Crippen LogP contribution in [0.2, 0.25) is 0 Å². The summed E-state index contributed by atoms with van der Waals surface area (Å²) in [6, 6.07) is 32.8. The SMILES string of the molecule is C=CCN(CC=C)c1ccc(Oc2ccc(C(C)(C)c3ccc(Oc4ccc(N(CC=C)CC=C)cc4)cc3)cc2)cc1. The third kappa shape index (κ3) is 8.08. The summed E-state index contributed by atoms with van der Waals surface area (Å²) in [7, 11) is 0. The Morgan fingerprint density at radius 1 is 0.465 bits per heavy atom. The summed E-state index contributed by atoms with van der Waals surface area (Å²) >= 11 is 0. The Hall–Kier alpha value is -4.96. The van der Waals surface area contributed by atoms with Gasteiger partial charge in [-0.25, -0.2) is 0 Å². The average Bonchev–Trinajstić information content (AvgIpc) is 3.02. The van der Waals surface area contributed by atoms with Crippen LogP contribution in [0.3, 0.4) is 0 Å². The van der Waals surface area contributed by atoms with Crippen LogP contribution in [0.5, 0.6) is 23.0 Å². The largest absolute Gasteiger partial charge is 0.457 e. The van der Waals surface area contributed by atoms with Crippen LogP contribution < -0.4 is 19.3 Å². The highest BCUT2D eigenvalue weighted by molar-refractivity contribution is 5.52. The summed E-state index contributed by atoms with van der Waals surface area (Å²) < 4.78 is 12.3. The Kier molecular flexibility index (Phi) is 10.7. The van der Waals surface area contributed by atoms with Gasteiger partial charge in [-0.1, -0.05) is 62.4 Å². The molecule has 4 nitrogen and oxygen atoms in total. The molecule has 0 spiro atoms. The van der Waals surface area contributed by atoms with Crippen molar-refractivity contribution < 1.29 is 9.47 Å². The van der Waals surface area contributed by atoms with Gasteiger partial charge in [0.05, 0.1) is 0 Å². The molecular formula is C39H42N2O2. The third-order valence-electron chi connectivity index (χ3n) is 7.43. The second-order valence-corrected chi connectivity index (χ2v) is 10.8. The lowest BCUT2D eigenvalue weighted by molar-refractivity contribution is 0.481. The van der Waals surface area contributed by atoms with E-state index in [-0.39, 0.29) is 5.41 Å². The molecule has 0 N–H and O–H groups in total. The van der Waals surface area contributed by atoms with Crippen molar-refractivity contribution in [2.24, 2.45) is 0 Å². The van der Waals surface area contributed by atoms with E-state index in [4.69, 9.17) is 9.47 Å². The van der Waals surface area contributed by atoms with Crippen LogP contribution in [0.4, 0.5) is 11.4 Å². The molecular weight excluding hydrogens is 528 g/mol. The Morgan fingerprint density at radius 2 is 0.721 bits per heavy atom. The van der Waals surface area contributed by atoms with Gasteiger partial charge in [0.25, 0.3) is 0 Å². The third-order valence-corrected chi connectivity index (χ3v) is 7.43. The van der Waals surface area contributed by atoms with Gasteiger partial charge in [0, 0.05) is 43.0 Å². The maximum absolute atomic E-state index is 6.14. The maximum Gasteiger partial charge on any atom is 0.127 e. The minimum atomic E-state index is -0.195. The molecule has 0 saturated heterocycles. The summed E-state index contributed by atoms with van der Waals surface area (Å²) in [5.41, 5.74) is 4.42. The molecule has 4 aromatic rings. The number of hydrogen-bond acceptors (Lipinski definition) is 4. The van der Waals surface area contributed by atoms with E-state index < -0.39 is 0 Å². The van der Waals surface area contributed by atoms with Gasteiger partial charge in [-0.2, -0.15) is 0 Å². The summed E-state index contributed by atoms with van der Waals surface area (Å²) in [6.07, 6.45) is 7.57. The lowest BCUT2D eigenvalue weighted by Crippen LogP contribution is -2.22. The second-order valence-electron chi connectivity index (χ2n) is 10.8. The molecule has 4 aromatic carbocycles. The summed E-state index contributed by atoms with van der Waals surface area (Å²) in [5, 5.41) is 0. The van der Waals surface area contributed by atoms with Crippen molar-refractivity contribution >= 4 is 11.4 Å². The zero-order valence-electron chi connectivity index (χ0n) is 25.4. The number of nitrogens with zero attached hydrogens (tertiary/aromatic N) is 2. The fraction of sp³-hybridized carbons (Fsp3) is 0.179. The Morgan fingerprint density at radius 3 is 0.977 bits per heavy atom. The molecule has 0 radical (unpaired) electrons. The molecule has 220 valence electrons. The molecule has 0 atom stereocenters. The molecule has 0 heterocycles. The predicted octanol–water partition coefficient (Wildman–Crippen LogP) is 9.95. The summed E-state index contributed by atoms with van der Waals surface area (Å²) in [4.78, 5) is 4.39. The van der Waals surface area contributed by atoms with Crippen LogP contribution in [-0.4, -0.2) is 26.2 Å². The monoisotopic (exact) mass is 570 g/mol. The Bertz CT molecular complexity index is 1350. The molecule has 0 unspecified atom stereocenters. The van der Waals surface area contributed by atoms with E-state index in [9.17, 15) is 0 Å². The van der Waals surface area contributed by atoms with E-state index in [0.29, 0.717) is 0 Å². The van der Waals surface area contributed by atoms with Gasteiger partial charge in [0.2, 0.25) is 0 Å². The first-order chi connectivity index (χ1) is 20.9. The minimum Gasteiger partial charge on any atom is -0.457 e. The first-order valence-electron chi connectivity index (χ1n) is 14.6. The zero-order valence-corrected chi connectivity index (χ0v) is 25.4. The van der Waals surface area contributed by atoms with Crippen molar-refractivity contribution in [1.82, 2.24) is 0 Å². The van der Waals surface area contributed by atoms with Crippen molar-refractivity contribution in [3.8, 4) is 23.0 Å². The molecule has 0 aromatic heterocycles. The number of ether oxygens (including phenoxy) is 2. The number of rotatable bonds is 16. The standard InChI is InChI=1S/C39H42N2O2/c1-7-27-40(28-8-2)33-15-23-37(24-16-33)42-35-19-11-31(12-20-35)39(5,6)32-13-21-36(22-14-32)43-38-25-17-34(18-26-38)41(29-9-3)30-10-4/h7-26H,1-4,27-30H2,5-6H3. The van der Waals surface area contributed by atoms with Gasteiger partial charge in [-0.05, 0) is 83.9 Å². The number of benzene rings is 4. The van der Waals surface area contributed by atoms with E-state index in [1.807, 2.05) is 72.8 Å². The van der Waals surface area contributed by atoms with Gasteiger partial charge >= 0.3 is 0 Å². The van der Waals surface area contributed by atoms with Crippen molar-refractivity contribution in [3.63, 3.8) is 0 Å². The maximum atomic E-state index is 6.14. The van der Waals surface area contributed by atoms with Crippen molar-refractivity contribution in [2.75, 3.05) is 36.0 Å². The van der Waals surface area contributed by atoms with Crippen LogP contribution in [0.15, 0.2) is 148 Å². The minimum absolute atomic E-state index is 0.195. The lowest BCUT2D eigenvalue weighted by atomic mass is 9.78. The average molecular weight is 571 g/mol.